The summed E-state index contributed by atoms with van der Waals surface area (Å²) in [7, 11) is -3.62. The third-order valence-corrected chi connectivity index (χ3v) is 7.62. The molecule has 9 nitrogen and oxygen atoms in total. The van der Waals surface area contributed by atoms with E-state index in [1.54, 1.807) is 12.1 Å². The number of aryl methyl sites for hydroxylation is 1. The smallest absolute Gasteiger partial charge is 0.243 e. The normalized spacial score (nSPS) is 16.4. The van der Waals surface area contributed by atoms with E-state index >= 15 is 0 Å². The lowest BCUT2D eigenvalue weighted by Crippen LogP contribution is -2.46. The Labute approximate surface area is 193 Å². The number of carbonyl (C=O) groups is 2. The molecule has 2 aromatic carbocycles. The Hall–Kier alpha value is -3.11. The summed E-state index contributed by atoms with van der Waals surface area (Å²) >= 11 is 0. The van der Waals surface area contributed by atoms with Gasteiger partial charge < -0.3 is 20.1 Å². The van der Waals surface area contributed by atoms with Crippen molar-refractivity contribution in [1.82, 2.24) is 9.62 Å². The van der Waals surface area contributed by atoms with Gasteiger partial charge in [-0.15, -0.1) is 0 Å². The molecule has 2 aliphatic heterocycles. The number of nitrogens with zero attached hydrogens (tertiary/aromatic N) is 1. The van der Waals surface area contributed by atoms with Crippen LogP contribution in [0.3, 0.4) is 0 Å². The Bertz CT molecular complexity index is 1130. The van der Waals surface area contributed by atoms with Gasteiger partial charge in [-0.05, 0) is 61.2 Å². The molecule has 0 aliphatic carbocycles. The quantitative estimate of drug-likeness (QED) is 0.638. The van der Waals surface area contributed by atoms with Crippen molar-refractivity contribution < 1.29 is 27.5 Å². The van der Waals surface area contributed by atoms with Crippen molar-refractivity contribution >= 4 is 27.5 Å². The Balaban J connectivity index is 1.25. The third kappa shape index (κ3) is 5.63. The number of ether oxygens (including phenoxy) is 2. The number of nitrogens with one attached hydrogen (secondary N) is 2. The SMILES string of the molecule is CC(=O)Nc1ccc(S(=O)(=O)N2CCC(NC(=O)CCc3ccc4c(c3)OCO4)CC2)cc1. The van der Waals surface area contributed by atoms with Gasteiger partial charge in [-0.3, -0.25) is 9.59 Å². The fourth-order valence-electron chi connectivity index (χ4n) is 3.96. The molecule has 4 rings (SSSR count). The maximum atomic E-state index is 12.9. The van der Waals surface area contributed by atoms with Crippen molar-refractivity contribution in [2.45, 2.75) is 43.5 Å². The van der Waals surface area contributed by atoms with Crippen LogP contribution in [0, 0.1) is 0 Å². The van der Waals surface area contributed by atoms with Crippen LogP contribution >= 0.6 is 0 Å². The first-order chi connectivity index (χ1) is 15.8. The number of fused-ring (bicyclic) bond motifs is 1. The van der Waals surface area contributed by atoms with E-state index in [2.05, 4.69) is 10.6 Å². The van der Waals surface area contributed by atoms with Crippen LogP contribution in [-0.2, 0) is 26.0 Å². The molecule has 2 aliphatic rings. The fourth-order valence-corrected chi connectivity index (χ4v) is 5.43. The molecule has 176 valence electrons. The zero-order valence-electron chi connectivity index (χ0n) is 18.4. The minimum absolute atomic E-state index is 0.0529. The standard InChI is InChI=1S/C23H27N3O6S/c1-16(27)24-18-4-6-20(7-5-18)33(29,30)26-12-10-19(11-13-26)25-23(28)9-3-17-2-8-21-22(14-17)32-15-31-21/h2,4-8,14,19H,3,9-13,15H2,1H3,(H,24,27)(H,25,28). The van der Waals surface area contributed by atoms with Gasteiger partial charge in [0.2, 0.25) is 28.6 Å². The molecule has 1 fully saturated rings. The molecule has 0 bridgehead atoms. The minimum Gasteiger partial charge on any atom is -0.454 e. The molecule has 2 amide bonds. The summed E-state index contributed by atoms with van der Waals surface area (Å²) in [6.07, 6.45) is 2.04. The van der Waals surface area contributed by atoms with Crippen molar-refractivity contribution in [3.63, 3.8) is 0 Å². The highest BCUT2D eigenvalue weighted by atomic mass is 32.2. The van der Waals surface area contributed by atoms with E-state index in [0.29, 0.717) is 56.0 Å². The molecule has 0 spiro atoms. The number of anilines is 1. The van der Waals surface area contributed by atoms with Gasteiger partial charge in [0.05, 0.1) is 4.90 Å². The lowest BCUT2D eigenvalue weighted by molar-refractivity contribution is -0.122. The highest BCUT2D eigenvalue weighted by Crippen LogP contribution is 2.32. The summed E-state index contributed by atoms with van der Waals surface area (Å²) in [5.41, 5.74) is 1.54. The molecule has 2 N–H and O–H groups in total. The number of carbonyl (C=O) groups excluding carboxylic acids is 2. The average Bonchev–Trinajstić information content (AvgIpc) is 3.26. The minimum atomic E-state index is -3.62. The average molecular weight is 474 g/mol. The number of piperidine rings is 1. The van der Waals surface area contributed by atoms with E-state index in [9.17, 15) is 18.0 Å². The number of sulfonamides is 1. The number of hydrogen-bond donors (Lipinski definition) is 2. The molecule has 2 aromatic rings. The van der Waals surface area contributed by atoms with Crippen LogP contribution in [-0.4, -0.2) is 50.5 Å². The molecular weight excluding hydrogens is 446 g/mol. The molecule has 0 atom stereocenters. The highest BCUT2D eigenvalue weighted by molar-refractivity contribution is 7.89. The highest BCUT2D eigenvalue weighted by Gasteiger charge is 2.30. The van der Waals surface area contributed by atoms with Crippen molar-refractivity contribution in [3.8, 4) is 11.5 Å². The first-order valence-electron chi connectivity index (χ1n) is 10.9. The van der Waals surface area contributed by atoms with E-state index in [0.717, 1.165) is 5.56 Å². The second-order valence-corrected chi connectivity index (χ2v) is 10.1. The predicted octanol–water partition coefficient (Wildman–Crippen LogP) is 2.28. The first kappa shape index (κ1) is 23.1. The maximum absolute atomic E-state index is 12.9. The van der Waals surface area contributed by atoms with Crippen LogP contribution in [0.5, 0.6) is 11.5 Å². The van der Waals surface area contributed by atoms with E-state index in [1.807, 2.05) is 18.2 Å². The van der Waals surface area contributed by atoms with Crippen molar-refractivity contribution in [1.29, 1.82) is 0 Å². The molecule has 10 heteroatoms. The van der Waals surface area contributed by atoms with E-state index in [1.165, 1.54) is 23.4 Å². The molecule has 0 saturated carbocycles. The zero-order chi connectivity index (χ0) is 23.4. The molecule has 1 saturated heterocycles. The summed E-state index contributed by atoms with van der Waals surface area (Å²) < 4.78 is 37.9. The van der Waals surface area contributed by atoms with Crippen LogP contribution in [0.25, 0.3) is 0 Å². The van der Waals surface area contributed by atoms with Crippen LogP contribution in [0.4, 0.5) is 5.69 Å². The van der Waals surface area contributed by atoms with Gasteiger partial charge in [-0.25, -0.2) is 8.42 Å². The van der Waals surface area contributed by atoms with E-state index < -0.39 is 10.0 Å². The molecule has 0 radical (unpaired) electrons. The summed E-state index contributed by atoms with van der Waals surface area (Å²) in [4.78, 5) is 23.7. The van der Waals surface area contributed by atoms with Crippen LogP contribution in [0.1, 0.15) is 31.7 Å². The lowest BCUT2D eigenvalue weighted by Gasteiger charge is -2.31. The molecule has 0 aromatic heterocycles. The van der Waals surface area contributed by atoms with Crippen molar-refractivity contribution in [3.05, 3.63) is 48.0 Å². The van der Waals surface area contributed by atoms with E-state index in [-0.39, 0.29) is 29.5 Å². The number of hydrogen-bond acceptors (Lipinski definition) is 6. The van der Waals surface area contributed by atoms with Crippen molar-refractivity contribution in [2.24, 2.45) is 0 Å². The van der Waals surface area contributed by atoms with Gasteiger partial charge in [0.25, 0.3) is 0 Å². The first-order valence-corrected chi connectivity index (χ1v) is 12.3. The summed E-state index contributed by atoms with van der Waals surface area (Å²) in [6, 6.07) is 11.7. The number of benzene rings is 2. The van der Waals surface area contributed by atoms with Gasteiger partial charge >= 0.3 is 0 Å². The second-order valence-electron chi connectivity index (χ2n) is 8.14. The third-order valence-electron chi connectivity index (χ3n) is 5.71. The van der Waals surface area contributed by atoms with Gasteiger partial charge in [-0.1, -0.05) is 6.07 Å². The second kappa shape index (κ2) is 9.80. The maximum Gasteiger partial charge on any atom is 0.243 e. The van der Waals surface area contributed by atoms with Gasteiger partial charge in [-0.2, -0.15) is 4.31 Å². The molecular formula is C23H27N3O6S. The summed E-state index contributed by atoms with van der Waals surface area (Å²) in [5.74, 6) is 1.15. The number of rotatable bonds is 7. The fraction of sp³-hybridized carbons (Fsp3) is 0.391. The monoisotopic (exact) mass is 473 g/mol. The predicted molar refractivity (Wildman–Crippen MR) is 122 cm³/mol. The Kier molecular flexibility index (Phi) is 6.85. The lowest BCUT2D eigenvalue weighted by atomic mass is 10.1. The molecule has 0 unspecified atom stereocenters. The van der Waals surface area contributed by atoms with Gasteiger partial charge in [0, 0.05) is 38.2 Å². The Morgan fingerprint density at radius 1 is 1.03 bits per heavy atom. The van der Waals surface area contributed by atoms with Crippen LogP contribution in [0.15, 0.2) is 47.4 Å². The summed E-state index contributed by atoms with van der Waals surface area (Å²) in [5, 5.41) is 5.64. The Morgan fingerprint density at radius 3 is 2.42 bits per heavy atom. The van der Waals surface area contributed by atoms with Crippen LogP contribution in [0.2, 0.25) is 0 Å². The van der Waals surface area contributed by atoms with E-state index in [4.69, 9.17) is 9.47 Å². The number of amides is 2. The largest absolute Gasteiger partial charge is 0.454 e. The van der Waals surface area contributed by atoms with Crippen molar-refractivity contribution in [2.75, 3.05) is 25.2 Å². The Morgan fingerprint density at radius 2 is 1.73 bits per heavy atom. The van der Waals surface area contributed by atoms with Crippen LogP contribution < -0.4 is 20.1 Å². The van der Waals surface area contributed by atoms with Gasteiger partial charge in [0.15, 0.2) is 11.5 Å². The van der Waals surface area contributed by atoms with Gasteiger partial charge in [0.1, 0.15) is 0 Å². The zero-order valence-corrected chi connectivity index (χ0v) is 19.2. The summed E-state index contributed by atoms with van der Waals surface area (Å²) in [6.45, 7) is 2.28. The molecule has 2 heterocycles. The molecule has 33 heavy (non-hydrogen) atoms. The topological polar surface area (TPSA) is 114 Å².